The minimum Gasteiger partial charge on any atom is -0.508 e. The molecule has 0 radical (unpaired) electrons. The maximum atomic E-state index is 13.2. The number of phenolic OH excluding ortho intramolecular Hbond substituents is 1. The molecule has 13 heteroatoms. The van der Waals surface area contributed by atoms with Crippen LogP contribution >= 0.6 is 11.8 Å². The van der Waals surface area contributed by atoms with E-state index in [2.05, 4.69) is 10.6 Å². The number of phenols is 1. The van der Waals surface area contributed by atoms with E-state index in [0.29, 0.717) is 5.56 Å². The van der Waals surface area contributed by atoms with Crippen LogP contribution in [0.3, 0.4) is 0 Å². The number of aliphatic carboxylic acids is 1. The number of carbonyl (C=O) groups is 5. The van der Waals surface area contributed by atoms with E-state index < -0.39 is 52.9 Å². The van der Waals surface area contributed by atoms with Crippen LogP contribution in [0, 0.1) is 0 Å². The number of esters is 1. The molecule has 36 heavy (non-hydrogen) atoms. The van der Waals surface area contributed by atoms with Crippen molar-refractivity contribution in [1.29, 1.82) is 0 Å². The van der Waals surface area contributed by atoms with Crippen LogP contribution in [-0.4, -0.2) is 74.3 Å². The quantitative estimate of drug-likeness (QED) is 0.302. The molecule has 3 rings (SSSR count). The predicted octanol–water partition coefficient (Wildman–Crippen LogP) is 1.26. The summed E-state index contributed by atoms with van der Waals surface area (Å²) in [6, 6.07) is 3.25. The molecule has 4 N–H and O–H groups in total. The van der Waals surface area contributed by atoms with Crippen LogP contribution in [0.15, 0.2) is 35.5 Å². The Balaban J connectivity index is 1.79. The lowest BCUT2D eigenvalue weighted by Crippen LogP contribution is -2.71. The van der Waals surface area contributed by atoms with Crippen molar-refractivity contribution in [1.82, 2.24) is 15.5 Å². The standard InChI is InChI=1S/C23H27N3O9S/c1-11(27)34-9-13-10-36-20-16(19(30)26(20)17(13)21(31)32)24-18(29)15(12-5-7-14(28)8-6-12)25-22(33)35-23(2,3)4/h5-8,15-16,20,28H,9-10H2,1-4H3,(H,24,29)(H,25,33)(H,31,32)/t15?,16?,20-/m1/s1. The molecule has 1 aromatic rings. The molecule has 0 bridgehead atoms. The van der Waals surface area contributed by atoms with Gasteiger partial charge in [-0.15, -0.1) is 11.8 Å². The van der Waals surface area contributed by atoms with Gasteiger partial charge in [-0.05, 0) is 38.5 Å². The molecule has 2 unspecified atom stereocenters. The van der Waals surface area contributed by atoms with Crippen LogP contribution in [0.4, 0.5) is 4.79 Å². The molecule has 0 aromatic heterocycles. The van der Waals surface area contributed by atoms with E-state index in [4.69, 9.17) is 9.47 Å². The highest BCUT2D eigenvalue weighted by Crippen LogP contribution is 2.40. The first-order valence-electron chi connectivity index (χ1n) is 10.9. The summed E-state index contributed by atoms with van der Waals surface area (Å²) in [7, 11) is 0. The van der Waals surface area contributed by atoms with Crippen molar-refractivity contribution in [3.05, 3.63) is 41.1 Å². The van der Waals surface area contributed by atoms with Crippen molar-refractivity contribution in [3.63, 3.8) is 0 Å². The topological polar surface area (TPSA) is 172 Å². The van der Waals surface area contributed by atoms with Crippen LogP contribution in [0.25, 0.3) is 0 Å². The number of ether oxygens (including phenoxy) is 2. The molecule has 0 aliphatic carbocycles. The number of carbonyl (C=O) groups excluding carboxylic acids is 4. The van der Waals surface area contributed by atoms with Crippen molar-refractivity contribution >= 4 is 41.6 Å². The Morgan fingerprint density at radius 1 is 1.19 bits per heavy atom. The van der Waals surface area contributed by atoms with Gasteiger partial charge in [0.2, 0.25) is 5.91 Å². The second-order valence-corrected chi connectivity index (χ2v) is 10.2. The Morgan fingerprint density at radius 3 is 2.39 bits per heavy atom. The first-order chi connectivity index (χ1) is 16.8. The fraction of sp³-hybridized carbons (Fsp3) is 0.435. The van der Waals surface area contributed by atoms with Crippen LogP contribution < -0.4 is 10.6 Å². The number of carboxylic acid groups (broad SMARTS) is 1. The number of hydrogen-bond donors (Lipinski definition) is 4. The van der Waals surface area contributed by atoms with Gasteiger partial charge in [-0.2, -0.15) is 0 Å². The number of aromatic hydroxyl groups is 1. The smallest absolute Gasteiger partial charge is 0.408 e. The summed E-state index contributed by atoms with van der Waals surface area (Å²) in [4.78, 5) is 62.5. The average Bonchev–Trinajstić information content (AvgIpc) is 2.78. The molecule has 194 valence electrons. The Morgan fingerprint density at radius 2 is 1.83 bits per heavy atom. The van der Waals surface area contributed by atoms with E-state index >= 15 is 0 Å². The summed E-state index contributed by atoms with van der Waals surface area (Å²) < 4.78 is 10.1. The van der Waals surface area contributed by atoms with E-state index in [9.17, 15) is 34.2 Å². The van der Waals surface area contributed by atoms with Gasteiger partial charge < -0.3 is 30.3 Å². The van der Waals surface area contributed by atoms with Gasteiger partial charge in [0.15, 0.2) is 0 Å². The number of hydrogen-bond acceptors (Lipinski definition) is 9. The van der Waals surface area contributed by atoms with Gasteiger partial charge in [-0.1, -0.05) is 12.1 Å². The van der Waals surface area contributed by atoms with E-state index in [-0.39, 0.29) is 29.4 Å². The van der Waals surface area contributed by atoms with Crippen LogP contribution in [-0.2, 0) is 28.7 Å². The molecule has 1 fully saturated rings. The second-order valence-electron chi connectivity index (χ2n) is 9.10. The van der Waals surface area contributed by atoms with Crippen molar-refractivity contribution in [2.45, 2.75) is 50.8 Å². The third-order valence-corrected chi connectivity index (χ3v) is 6.49. The summed E-state index contributed by atoms with van der Waals surface area (Å²) in [5, 5.41) is 23.6. The minimum absolute atomic E-state index is 0.0452. The molecule has 3 amide bonds. The lowest BCUT2D eigenvalue weighted by molar-refractivity contribution is -0.151. The second kappa shape index (κ2) is 10.5. The lowest BCUT2D eigenvalue weighted by Gasteiger charge is -2.49. The van der Waals surface area contributed by atoms with E-state index in [1.165, 1.54) is 43.0 Å². The first-order valence-corrected chi connectivity index (χ1v) is 12.0. The highest BCUT2D eigenvalue weighted by Gasteiger charge is 2.54. The summed E-state index contributed by atoms with van der Waals surface area (Å²) >= 11 is 1.21. The molecule has 1 aromatic carbocycles. The summed E-state index contributed by atoms with van der Waals surface area (Å²) in [5.41, 5.74) is -0.513. The fourth-order valence-electron chi connectivity index (χ4n) is 3.61. The zero-order chi connectivity index (χ0) is 26.8. The van der Waals surface area contributed by atoms with Crippen molar-refractivity contribution in [2.75, 3.05) is 12.4 Å². The molecular formula is C23H27N3O9S. The van der Waals surface area contributed by atoms with E-state index in [1.807, 2.05) is 0 Å². The average molecular weight is 522 g/mol. The van der Waals surface area contributed by atoms with Gasteiger partial charge >= 0.3 is 18.0 Å². The van der Waals surface area contributed by atoms with Crippen LogP contribution in [0.5, 0.6) is 5.75 Å². The largest absolute Gasteiger partial charge is 0.508 e. The predicted molar refractivity (Wildman–Crippen MR) is 127 cm³/mol. The normalized spacial score (nSPS) is 20.0. The van der Waals surface area contributed by atoms with Crippen molar-refractivity contribution in [2.24, 2.45) is 0 Å². The van der Waals surface area contributed by atoms with Crippen molar-refractivity contribution < 1.29 is 43.7 Å². The molecular weight excluding hydrogens is 494 g/mol. The summed E-state index contributed by atoms with van der Waals surface area (Å²) in [6.07, 6.45) is -0.865. The van der Waals surface area contributed by atoms with Gasteiger partial charge in [-0.25, -0.2) is 9.59 Å². The summed E-state index contributed by atoms with van der Waals surface area (Å²) in [5.74, 6) is -3.19. The van der Waals surface area contributed by atoms with Gasteiger partial charge in [0, 0.05) is 18.2 Å². The first kappa shape index (κ1) is 26.9. The highest BCUT2D eigenvalue weighted by molar-refractivity contribution is 8.00. The van der Waals surface area contributed by atoms with Gasteiger partial charge in [0.1, 0.15) is 41.1 Å². The number of alkyl carbamates (subject to hydrolysis) is 1. The third kappa shape index (κ3) is 6.08. The van der Waals surface area contributed by atoms with Crippen molar-refractivity contribution in [3.8, 4) is 5.75 Å². The Hall–Kier alpha value is -3.74. The Kier molecular flexibility index (Phi) is 7.82. The van der Waals surface area contributed by atoms with E-state index in [1.54, 1.807) is 20.8 Å². The molecule has 3 atom stereocenters. The molecule has 12 nitrogen and oxygen atoms in total. The molecule has 0 saturated carbocycles. The maximum Gasteiger partial charge on any atom is 0.408 e. The number of carboxylic acids is 1. The van der Waals surface area contributed by atoms with E-state index in [0.717, 1.165) is 4.90 Å². The zero-order valence-corrected chi connectivity index (χ0v) is 20.9. The highest BCUT2D eigenvalue weighted by atomic mass is 32.2. The molecule has 1 saturated heterocycles. The number of amides is 3. The van der Waals surface area contributed by atoms with Gasteiger partial charge in [0.05, 0.1) is 0 Å². The minimum atomic E-state index is -1.35. The van der Waals surface area contributed by atoms with Crippen LogP contribution in [0.1, 0.15) is 39.3 Å². The number of fused-ring (bicyclic) bond motifs is 1. The van der Waals surface area contributed by atoms with Gasteiger partial charge in [0.25, 0.3) is 5.91 Å². The maximum absolute atomic E-state index is 13.2. The number of nitrogens with zero attached hydrogens (tertiary/aromatic N) is 1. The SMILES string of the molecule is CC(=O)OCC1=C(C(=O)O)N2C(=O)C(NC(=O)C(NC(=O)OC(C)(C)C)c3ccc(O)cc3)[C@H]2SC1. The summed E-state index contributed by atoms with van der Waals surface area (Å²) in [6.45, 7) is 5.91. The van der Waals surface area contributed by atoms with Gasteiger partial charge in [-0.3, -0.25) is 19.3 Å². The molecule has 2 aliphatic rings. The van der Waals surface area contributed by atoms with Crippen LogP contribution in [0.2, 0.25) is 0 Å². The molecule has 2 heterocycles. The zero-order valence-electron chi connectivity index (χ0n) is 20.1. The third-order valence-electron chi connectivity index (χ3n) is 5.15. The number of benzene rings is 1. The lowest BCUT2D eigenvalue weighted by atomic mass is 10.0. The fourth-order valence-corrected chi connectivity index (χ4v) is 4.94. The Labute approximate surface area is 211 Å². The molecule has 2 aliphatic heterocycles. The number of thioether (sulfide) groups is 1. The molecule has 0 spiro atoms. The monoisotopic (exact) mass is 521 g/mol. The Bertz CT molecular complexity index is 1110. The number of nitrogens with one attached hydrogen (secondary N) is 2. The number of β-lactam (4-membered cyclic amide) rings is 1. The number of rotatable bonds is 7.